The van der Waals surface area contributed by atoms with Crippen molar-refractivity contribution in [2.45, 2.75) is 37.5 Å². The molecule has 2 N–H and O–H groups in total. The van der Waals surface area contributed by atoms with Crippen molar-refractivity contribution in [2.24, 2.45) is 10.7 Å². The number of nitrogens with zero attached hydrogens (tertiary/aromatic N) is 1. The Morgan fingerprint density at radius 3 is 2.27 bits per heavy atom. The van der Waals surface area contributed by atoms with Crippen molar-refractivity contribution in [3.63, 3.8) is 0 Å². The molecular weight excluding hydrogens is 288 g/mol. The van der Waals surface area contributed by atoms with Crippen molar-refractivity contribution in [1.82, 2.24) is 0 Å². The molecule has 22 heavy (non-hydrogen) atoms. The first-order chi connectivity index (χ1) is 10.8. The molecular formula is C19H22N2S. The zero-order valence-electron chi connectivity index (χ0n) is 12.7. The lowest BCUT2D eigenvalue weighted by molar-refractivity contribution is 0.708. The van der Waals surface area contributed by atoms with Crippen molar-refractivity contribution in [3.05, 3.63) is 60.2 Å². The quantitative estimate of drug-likeness (QED) is 0.648. The van der Waals surface area contributed by atoms with E-state index in [0.29, 0.717) is 6.04 Å². The topological polar surface area (TPSA) is 38.4 Å². The van der Waals surface area contributed by atoms with Gasteiger partial charge in [0.05, 0.1) is 6.04 Å². The van der Waals surface area contributed by atoms with E-state index < -0.39 is 0 Å². The summed E-state index contributed by atoms with van der Waals surface area (Å²) in [5.41, 5.74) is 9.83. The highest BCUT2D eigenvalue weighted by Gasteiger charge is 2.13. The Labute approximate surface area is 136 Å². The maximum Gasteiger partial charge on any atom is 0.154 e. The molecule has 1 fully saturated rings. The van der Waals surface area contributed by atoms with Gasteiger partial charge in [0.2, 0.25) is 0 Å². The van der Waals surface area contributed by atoms with Gasteiger partial charge in [-0.3, -0.25) is 4.99 Å². The molecule has 1 saturated carbocycles. The summed E-state index contributed by atoms with van der Waals surface area (Å²) in [6.45, 7) is 0. The van der Waals surface area contributed by atoms with Gasteiger partial charge >= 0.3 is 0 Å². The van der Waals surface area contributed by atoms with Gasteiger partial charge in [-0.25, -0.2) is 0 Å². The Hall–Kier alpha value is -1.74. The van der Waals surface area contributed by atoms with Gasteiger partial charge in [-0.05, 0) is 29.5 Å². The van der Waals surface area contributed by atoms with E-state index >= 15 is 0 Å². The van der Waals surface area contributed by atoms with Crippen LogP contribution in [0.25, 0.3) is 11.1 Å². The summed E-state index contributed by atoms with van der Waals surface area (Å²) < 4.78 is 0. The van der Waals surface area contributed by atoms with E-state index in [-0.39, 0.29) is 0 Å². The highest BCUT2D eigenvalue weighted by atomic mass is 32.2. The van der Waals surface area contributed by atoms with Gasteiger partial charge in [0.1, 0.15) is 0 Å². The van der Waals surface area contributed by atoms with Crippen LogP contribution in [-0.2, 0) is 5.75 Å². The molecule has 0 saturated heterocycles. The van der Waals surface area contributed by atoms with Gasteiger partial charge in [0.15, 0.2) is 5.17 Å². The van der Waals surface area contributed by atoms with Gasteiger partial charge in [0, 0.05) is 5.75 Å². The normalized spacial score (nSPS) is 16.1. The highest BCUT2D eigenvalue weighted by Crippen LogP contribution is 2.23. The number of thioether (sulfide) groups is 1. The molecule has 3 rings (SSSR count). The number of amidine groups is 1. The summed E-state index contributed by atoms with van der Waals surface area (Å²) in [5, 5.41) is 0.735. The fraction of sp³-hybridized carbons (Fsp3) is 0.316. The van der Waals surface area contributed by atoms with Crippen molar-refractivity contribution in [3.8, 4) is 11.1 Å². The second kappa shape index (κ2) is 7.50. The summed E-state index contributed by atoms with van der Waals surface area (Å²) in [7, 11) is 0. The minimum absolute atomic E-state index is 0.466. The molecule has 0 bridgehead atoms. The second-order valence-corrected chi connectivity index (χ2v) is 6.75. The summed E-state index contributed by atoms with van der Waals surface area (Å²) >= 11 is 1.65. The van der Waals surface area contributed by atoms with Gasteiger partial charge in [-0.1, -0.05) is 79.2 Å². The van der Waals surface area contributed by atoms with Crippen molar-refractivity contribution in [1.29, 1.82) is 0 Å². The molecule has 1 aliphatic rings. The fourth-order valence-corrected chi connectivity index (χ4v) is 3.56. The van der Waals surface area contributed by atoms with Crippen LogP contribution in [0.3, 0.4) is 0 Å². The molecule has 0 atom stereocenters. The first kappa shape index (κ1) is 15.2. The molecule has 3 heteroatoms. The molecule has 2 aromatic rings. The second-order valence-electron chi connectivity index (χ2n) is 5.76. The summed E-state index contributed by atoms with van der Waals surface area (Å²) in [4.78, 5) is 4.61. The van der Waals surface area contributed by atoms with Crippen molar-refractivity contribution < 1.29 is 0 Å². The van der Waals surface area contributed by atoms with Crippen LogP contribution < -0.4 is 5.73 Å². The Morgan fingerprint density at radius 2 is 1.59 bits per heavy atom. The predicted molar refractivity (Wildman–Crippen MR) is 97.1 cm³/mol. The number of hydrogen-bond acceptors (Lipinski definition) is 2. The average molecular weight is 310 g/mol. The van der Waals surface area contributed by atoms with Crippen LogP contribution in [0.4, 0.5) is 0 Å². The Morgan fingerprint density at radius 1 is 0.955 bits per heavy atom. The fourth-order valence-electron chi connectivity index (χ4n) is 2.83. The minimum Gasteiger partial charge on any atom is -0.379 e. The lowest BCUT2D eigenvalue weighted by Crippen LogP contribution is -2.11. The van der Waals surface area contributed by atoms with E-state index in [0.717, 1.165) is 10.9 Å². The number of nitrogens with two attached hydrogens (primary N) is 1. The average Bonchev–Trinajstić information content (AvgIpc) is 3.07. The Bertz CT molecular complexity index is 614. The standard InChI is InChI=1S/C19H22N2S/c20-19(21-18-8-4-5-9-18)22-14-15-10-12-17(13-11-15)16-6-2-1-3-7-16/h1-3,6-7,10-13,18H,4-5,8-9,14H2,(H2,20,21). The zero-order valence-corrected chi connectivity index (χ0v) is 13.6. The smallest absolute Gasteiger partial charge is 0.154 e. The molecule has 2 nitrogen and oxygen atoms in total. The summed E-state index contributed by atoms with van der Waals surface area (Å²) in [6.07, 6.45) is 5.00. The van der Waals surface area contributed by atoms with Crippen molar-refractivity contribution in [2.75, 3.05) is 0 Å². The van der Waals surface area contributed by atoms with Gasteiger partial charge in [0.25, 0.3) is 0 Å². The molecule has 1 aliphatic carbocycles. The number of aliphatic imine (C=N–C) groups is 1. The van der Waals surface area contributed by atoms with Gasteiger partial charge in [-0.2, -0.15) is 0 Å². The Kier molecular flexibility index (Phi) is 5.17. The minimum atomic E-state index is 0.466. The van der Waals surface area contributed by atoms with Crippen LogP contribution >= 0.6 is 11.8 Å². The lowest BCUT2D eigenvalue weighted by Gasteiger charge is -2.06. The van der Waals surface area contributed by atoms with Crippen LogP contribution in [0.15, 0.2) is 59.6 Å². The third-order valence-electron chi connectivity index (χ3n) is 4.08. The third-order valence-corrected chi connectivity index (χ3v) is 4.96. The first-order valence-corrected chi connectivity index (χ1v) is 8.90. The van der Waals surface area contributed by atoms with Crippen LogP contribution in [0.5, 0.6) is 0 Å². The van der Waals surface area contributed by atoms with Gasteiger partial charge < -0.3 is 5.73 Å². The SMILES string of the molecule is NC(=NC1CCCC1)SCc1ccc(-c2ccccc2)cc1. The van der Waals surface area contributed by atoms with Gasteiger partial charge in [-0.15, -0.1) is 0 Å². The van der Waals surface area contributed by atoms with Crippen LogP contribution in [0.1, 0.15) is 31.2 Å². The van der Waals surface area contributed by atoms with E-state index in [9.17, 15) is 0 Å². The number of rotatable bonds is 4. The molecule has 0 aliphatic heterocycles. The molecule has 2 aromatic carbocycles. The van der Waals surface area contributed by atoms with Crippen LogP contribution in [0, 0.1) is 0 Å². The monoisotopic (exact) mass is 310 g/mol. The van der Waals surface area contributed by atoms with Crippen LogP contribution in [0.2, 0.25) is 0 Å². The molecule has 0 amide bonds. The largest absolute Gasteiger partial charge is 0.379 e. The zero-order chi connectivity index (χ0) is 15.2. The molecule has 0 unspecified atom stereocenters. The van der Waals surface area contributed by atoms with E-state index in [1.807, 2.05) is 6.07 Å². The van der Waals surface area contributed by atoms with Crippen molar-refractivity contribution >= 4 is 16.9 Å². The molecule has 0 radical (unpaired) electrons. The highest BCUT2D eigenvalue weighted by molar-refractivity contribution is 8.13. The third kappa shape index (κ3) is 4.14. The number of hydrogen-bond donors (Lipinski definition) is 1. The molecule has 0 spiro atoms. The van der Waals surface area contributed by atoms with Crippen LogP contribution in [-0.4, -0.2) is 11.2 Å². The molecule has 0 heterocycles. The summed E-state index contributed by atoms with van der Waals surface area (Å²) in [6, 6.07) is 19.6. The lowest BCUT2D eigenvalue weighted by atomic mass is 10.0. The van der Waals surface area contributed by atoms with E-state index in [2.05, 4.69) is 53.5 Å². The molecule has 114 valence electrons. The maximum atomic E-state index is 6.04. The number of benzene rings is 2. The predicted octanol–water partition coefficient (Wildman–Crippen LogP) is 4.84. The first-order valence-electron chi connectivity index (χ1n) is 7.92. The van der Waals surface area contributed by atoms with E-state index in [1.165, 1.54) is 42.4 Å². The van der Waals surface area contributed by atoms with E-state index in [4.69, 9.17) is 5.73 Å². The van der Waals surface area contributed by atoms with E-state index in [1.54, 1.807) is 11.8 Å². The maximum absolute atomic E-state index is 6.04. The summed E-state index contributed by atoms with van der Waals surface area (Å²) in [5.74, 6) is 0.886. The molecule has 0 aromatic heterocycles. The Balaban J connectivity index is 1.57.